The summed E-state index contributed by atoms with van der Waals surface area (Å²) in [5, 5.41) is 0. The Kier molecular flexibility index (Phi) is 4.12. The minimum Gasteiger partial charge on any atom is -0.398 e. The first-order chi connectivity index (χ1) is 9.21. The maximum absolute atomic E-state index is 12.2. The summed E-state index contributed by atoms with van der Waals surface area (Å²) in [6.07, 6.45) is 0.940. The third kappa shape index (κ3) is 3.15. The highest BCUT2D eigenvalue weighted by atomic mass is 32.2. The van der Waals surface area contributed by atoms with Gasteiger partial charge >= 0.3 is 0 Å². The standard InChI is InChI=1S/C15H24N2O2S/c1-15(2,3)20(18,19)10-9-17-8-7-12-5-4-6-14(16)13(12)11-17/h4-6H,7-11,16H2,1-3H3. The summed E-state index contributed by atoms with van der Waals surface area (Å²) < 4.78 is 23.6. The summed E-state index contributed by atoms with van der Waals surface area (Å²) in [5.41, 5.74) is 9.27. The first-order valence-corrected chi connectivity index (χ1v) is 8.67. The van der Waals surface area contributed by atoms with Gasteiger partial charge in [0.25, 0.3) is 0 Å². The number of fused-ring (bicyclic) bond motifs is 1. The molecule has 1 heterocycles. The molecule has 0 amide bonds. The monoisotopic (exact) mass is 296 g/mol. The minimum atomic E-state index is -3.06. The molecule has 1 aliphatic rings. The lowest BCUT2D eigenvalue weighted by Crippen LogP contribution is -2.38. The molecule has 1 aromatic rings. The number of hydrogen-bond donors (Lipinski definition) is 1. The Labute approximate surface area is 121 Å². The van der Waals surface area contributed by atoms with Crippen molar-refractivity contribution in [3.63, 3.8) is 0 Å². The van der Waals surface area contributed by atoms with Crippen LogP contribution in [-0.4, -0.2) is 36.9 Å². The molecule has 1 aliphatic heterocycles. The average Bonchev–Trinajstić information content (AvgIpc) is 2.36. The number of rotatable bonds is 3. The van der Waals surface area contributed by atoms with Crippen LogP contribution in [0.25, 0.3) is 0 Å². The van der Waals surface area contributed by atoms with Gasteiger partial charge in [-0.25, -0.2) is 8.42 Å². The Morgan fingerprint density at radius 3 is 2.65 bits per heavy atom. The molecule has 4 nitrogen and oxygen atoms in total. The van der Waals surface area contributed by atoms with Gasteiger partial charge in [0.05, 0.1) is 10.5 Å². The fourth-order valence-corrected chi connectivity index (χ4v) is 3.52. The minimum absolute atomic E-state index is 0.207. The molecule has 0 atom stereocenters. The summed E-state index contributed by atoms with van der Waals surface area (Å²) in [7, 11) is -3.06. The van der Waals surface area contributed by atoms with Gasteiger partial charge in [0.2, 0.25) is 0 Å². The number of nitrogen functional groups attached to an aromatic ring is 1. The van der Waals surface area contributed by atoms with Crippen LogP contribution in [0.3, 0.4) is 0 Å². The highest BCUT2D eigenvalue weighted by Crippen LogP contribution is 2.24. The third-order valence-electron chi connectivity index (χ3n) is 4.00. The van der Waals surface area contributed by atoms with Crippen molar-refractivity contribution >= 4 is 15.5 Å². The van der Waals surface area contributed by atoms with E-state index < -0.39 is 14.6 Å². The van der Waals surface area contributed by atoms with E-state index in [1.54, 1.807) is 20.8 Å². The number of anilines is 1. The van der Waals surface area contributed by atoms with Gasteiger partial charge < -0.3 is 5.73 Å². The van der Waals surface area contributed by atoms with E-state index in [4.69, 9.17) is 5.73 Å². The van der Waals surface area contributed by atoms with Gasteiger partial charge in [0.1, 0.15) is 0 Å². The summed E-state index contributed by atoms with van der Waals surface area (Å²) in [4.78, 5) is 2.18. The van der Waals surface area contributed by atoms with Crippen molar-refractivity contribution in [2.75, 3.05) is 24.6 Å². The highest BCUT2D eigenvalue weighted by molar-refractivity contribution is 7.92. The topological polar surface area (TPSA) is 63.4 Å². The van der Waals surface area contributed by atoms with E-state index in [1.807, 2.05) is 12.1 Å². The summed E-state index contributed by atoms with van der Waals surface area (Å²) >= 11 is 0. The van der Waals surface area contributed by atoms with E-state index in [0.717, 1.165) is 30.8 Å². The second-order valence-electron chi connectivity index (χ2n) is 6.44. The van der Waals surface area contributed by atoms with E-state index in [0.29, 0.717) is 6.54 Å². The van der Waals surface area contributed by atoms with Crippen LogP contribution in [0.5, 0.6) is 0 Å². The predicted octanol–water partition coefficient (Wildman–Crippen LogP) is 1.84. The van der Waals surface area contributed by atoms with Crippen LogP contribution < -0.4 is 5.73 Å². The molecule has 0 radical (unpaired) electrons. The van der Waals surface area contributed by atoms with E-state index >= 15 is 0 Å². The van der Waals surface area contributed by atoms with Gasteiger partial charge in [0, 0.05) is 25.3 Å². The Bertz CT molecular complexity index is 588. The lowest BCUT2D eigenvalue weighted by atomic mass is 9.98. The van der Waals surface area contributed by atoms with Crippen LogP contribution in [0.15, 0.2) is 18.2 Å². The SMILES string of the molecule is CC(C)(C)S(=O)(=O)CCN1CCc2cccc(N)c2C1. The second-order valence-corrected chi connectivity index (χ2v) is 9.30. The van der Waals surface area contributed by atoms with Crippen molar-refractivity contribution in [3.05, 3.63) is 29.3 Å². The van der Waals surface area contributed by atoms with E-state index in [9.17, 15) is 8.42 Å². The van der Waals surface area contributed by atoms with Crippen LogP contribution in [0.4, 0.5) is 5.69 Å². The molecule has 0 saturated heterocycles. The second kappa shape index (κ2) is 5.37. The maximum Gasteiger partial charge on any atom is 0.156 e. The van der Waals surface area contributed by atoms with Gasteiger partial charge in [-0.2, -0.15) is 0 Å². The van der Waals surface area contributed by atoms with Gasteiger partial charge in [-0.15, -0.1) is 0 Å². The molecule has 0 fully saturated rings. The summed E-state index contributed by atoms with van der Waals surface area (Å²) in [6.45, 7) is 7.49. The quantitative estimate of drug-likeness (QED) is 0.865. The largest absolute Gasteiger partial charge is 0.398 e. The van der Waals surface area contributed by atoms with Crippen LogP contribution in [0, 0.1) is 0 Å². The van der Waals surface area contributed by atoms with Gasteiger partial charge in [-0.05, 0) is 44.4 Å². The van der Waals surface area contributed by atoms with Crippen molar-refractivity contribution in [2.24, 2.45) is 0 Å². The number of nitrogens with two attached hydrogens (primary N) is 1. The van der Waals surface area contributed by atoms with E-state index in [-0.39, 0.29) is 5.75 Å². The molecule has 2 N–H and O–H groups in total. The predicted molar refractivity (Wildman–Crippen MR) is 83.4 cm³/mol. The fourth-order valence-electron chi connectivity index (χ4n) is 2.41. The van der Waals surface area contributed by atoms with Crippen LogP contribution in [0.2, 0.25) is 0 Å². The molecule has 0 bridgehead atoms. The molecule has 0 unspecified atom stereocenters. The molecule has 112 valence electrons. The van der Waals surface area contributed by atoms with Crippen LogP contribution in [0.1, 0.15) is 31.9 Å². The molecule has 0 spiro atoms. The van der Waals surface area contributed by atoms with Gasteiger partial charge in [-0.1, -0.05) is 12.1 Å². The van der Waals surface area contributed by atoms with Gasteiger partial charge in [0.15, 0.2) is 9.84 Å². The zero-order valence-corrected chi connectivity index (χ0v) is 13.3. The number of benzene rings is 1. The zero-order chi connectivity index (χ0) is 15.0. The lowest BCUT2D eigenvalue weighted by Gasteiger charge is -2.30. The van der Waals surface area contributed by atoms with Gasteiger partial charge in [-0.3, -0.25) is 4.90 Å². The third-order valence-corrected chi connectivity index (χ3v) is 6.58. The van der Waals surface area contributed by atoms with Crippen molar-refractivity contribution in [3.8, 4) is 0 Å². The molecular weight excluding hydrogens is 272 g/mol. The Hall–Kier alpha value is -1.07. The van der Waals surface area contributed by atoms with Crippen LogP contribution >= 0.6 is 0 Å². The highest BCUT2D eigenvalue weighted by Gasteiger charge is 2.29. The zero-order valence-electron chi connectivity index (χ0n) is 12.5. The van der Waals surface area contributed by atoms with Crippen molar-refractivity contribution < 1.29 is 8.42 Å². The number of nitrogens with zero attached hydrogens (tertiary/aromatic N) is 1. The summed E-state index contributed by atoms with van der Waals surface area (Å²) in [6, 6.07) is 6.00. The van der Waals surface area contributed by atoms with Crippen LogP contribution in [-0.2, 0) is 22.8 Å². The first-order valence-electron chi connectivity index (χ1n) is 7.01. The number of sulfone groups is 1. The Balaban J connectivity index is 2.03. The molecule has 5 heteroatoms. The fraction of sp³-hybridized carbons (Fsp3) is 0.600. The van der Waals surface area contributed by atoms with E-state index in [2.05, 4.69) is 11.0 Å². The lowest BCUT2D eigenvalue weighted by molar-refractivity contribution is 0.269. The molecule has 1 aromatic carbocycles. The normalized spacial score (nSPS) is 16.9. The van der Waals surface area contributed by atoms with E-state index in [1.165, 1.54) is 5.56 Å². The molecule has 2 rings (SSSR count). The first kappa shape index (κ1) is 15.3. The summed E-state index contributed by atoms with van der Waals surface area (Å²) in [5.74, 6) is 0.207. The van der Waals surface area contributed by atoms with Crippen molar-refractivity contribution in [2.45, 2.75) is 38.5 Å². The van der Waals surface area contributed by atoms with Crippen molar-refractivity contribution in [1.82, 2.24) is 4.90 Å². The molecule has 0 saturated carbocycles. The number of hydrogen-bond acceptors (Lipinski definition) is 4. The maximum atomic E-state index is 12.2. The Morgan fingerprint density at radius 1 is 1.30 bits per heavy atom. The Morgan fingerprint density at radius 2 is 2.00 bits per heavy atom. The smallest absolute Gasteiger partial charge is 0.156 e. The molecule has 0 aliphatic carbocycles. The average molecular weight is 296 g/mol. The van der Waals surface area contributed by atoms with Crippen molar-refractivity contribution in [1.29, 1.82) is 0 Å². The molecular formula is C15H24N2O2S. The molecule has 0 aromatic heterocycles. The molecule has 20 heavy (non-hydrogen) atoms.